The summed E-state index contributed by atoms with van der Waals surface area (Å²) in [6.07, 6.45) is 6.23. The van der Waals surface area contributed by atoms with E-state index >= 15 is 0 Å². The molecule has 12 heteroatoms. The highest BCUT2D eigenvalue weighted by Gasteiger charge is 2.33. The van der Waals surface area contributed by atoms with Gasteiger partial charge in [-0.2, -0.15) is 13.2 Å². The molecule has 0 atom stereocenters. The number of amidine groups is 2. The highest BCUT2D eigenvalue weighted by molar-refractivity contribution is 6.08. The molecule has 1 saturated heterocycles. The molecule has 218 valence electrons. The molecule has 0 saturated carbocycles. The summed E-state index contributed by atoms with van der Waals surface area (Å²) >= 11 is 0. The van der Waals surface area contributed by atoms with E-state index in [1.807, 2.05) is 13.0 Å². The van der Waals surface area contributed by atoms with Crippen molar-refractivity contribution in [1.29, 1.82) is 0 Å². The number of hydrogen-bond acceptors (Lipinski definition) is 6. The molecule has 0 radical (unpaired) electrons. The van der Waals surface area contributed by atoms with E-state index in [-0.39, 0.29) is 24.5 Å². The van der Waals surface area contributed by atoms with Gasteiger partial charge in [-0.25, -0.2) is 14.4 Å². The Kier molecular flexibility index (Phi) is 10.5. The molecule has 1 fully saturated rings. The standard InChI is InChI=1S/C29H32F4N6O2/c1-5-6-22(17-25(40)41)8-7-20(3)38-13-15-39(16-14-38)28(21(4)30)35-18-19(2)26-34-12-11-23-9-10-24(29(31,32)33)36-27(23)37-26/h1,7-10,18H,4,6,11-17H2,2-3H3,(H,40,41)(H,34,36,37)/b19-18+,20-7+,22-8+,35-28?. The summed E-state index contributed by atoms with van der Waals surface area (Å²) in [6, 6.07) is 2.33. The van der Waals surface area contributed by atoms with E-state index in [0.29, 0.717) is 61.7 Å². The van der Waals surface area contributed by atoms with E-state index in [4.69, 9.17) is 11.5 Å². The summed E-state index contributed by atoms with van der Waals surface area (Å²) in [4.78, 5) is 27.3. The first kappa shape index (κ1) is 31.1. The van der Waals surface area contributed by atoms with E-state index in [1.54, 1.807) is 17.9 Å². The topological polar surface area (TPSA) is 93.4 Å². The first-order valence-corrected chi connectivity index (χ1v) is 12.9. The van der Waals surface area contributed by atoms with Gasteiger partial charge in [-0.05, 0) is 43.5 Å². The van der Waals surface area contributed by atoms with Gasteiger partial charge >= 0.3 is 12.1 Å². The lowest BCUT2D eigenvalue weighted by atomic mass is 10.1. The second kappa shape index (κ2) is 13.8. The Morgan fingerprint density at radius 3 is 2.51 bits per heavy atom. The number of halogens is 4. The van der Waals surface area contributed by atoms with Crippen molar-refractivity contribution in [3.63, 3.8) is 0 Å². The highest BCUT2D eigenvalue weighted by Crippen LogP contribution is 2.30. The van der Waals surface area contributed by atoms with Crippen LogP contribution >= 0.6 is 0 Å². The number of aromatic nitrogens is 1. The van der Waals surface area contributed by atoms with Crippen LogP contribution in [0.15, 0.2) is 69.7 Å². The third-order valence-corrected chi connectivity index (χ3v) is 6.50. The van der Waals surface area contributed by atoms with Crippen molar-refractivity contribution in [2.24, 2.45) is 9.98 Å². The number of piperazine rings is 1. The Bertz CT molecular complexity index is 1360. The number of terminal acetylenes is 1. The number of carboxylic acids is 1. The number of carboxylic acid groups (broad SMARTS) is 1. The first-order valence-electron chi connectivity index (χ1n) is 12.9. The molecule has 2 N–H and O–H groups in total. The van der Waals surface area contributed by atoms with E-state index in [1.165, 1.54) is 12.3 Å². The van der Waals surface area contributed by atoms with Gasteiger partial charge in [0.2, 0.25) is 0 Å². The van der Waals surface area contributed by atoms with Gasteiger partial charge in [0.05, 0.1) is 6.42 Å². The molecule has 0 spiro atoms. The van der Waals surface area contributed by atoms with Crippen LogP contribution in [-0.2, 0) is 17.4 Å². The lowest BCUT2D eigenvalue weighted by molar-refractivity contribution is -0.141. The Morgan fingerprint density at radius 1 is 1.22 bits per heavy atom. The van der Waals surface area contributed by atoms with Crippen molar-refractivity contribution in [2.75, 3.05) is 38.0 Å². The van der Waals surface area contributed by atoms with Gasteiger partial charge in [-0.3, -0.25) is 9.79 Å². The molecule has 1 aromatic rings. The Hall–Kier alpha value is -4.40. The number of allylic oxidation sites excluding steroid dienone is 3. The molecular formula is C29H32F4N6O2. The number of hydrogen-bond donors (Lipinski definition) is 2. The number of anilines is 1. The zero-order chi connectivity index (χ0) is 30.2. The summed E-state index contributed by atoms with van der Waals surface area (Å²) in [7, 11) is 0. The van der Waals surface area contributed by atoms with Crippen LogP contribution < -0.4 is 5.32 Å². The molecule has 2 aliphatic rings. The monoisotopic (exact) mass is 572 g/mol. The van der Waals surface area contributed by atoms with Gasteiger partial charge in [0.25, 0.3) is 0 Å². The number of nitrogens with one attached hydrogen (secondary N) is 1. The summed E-state index contributed by atoms with van der Waals surface area (Å²) < 4.78 is 53.9. The number of pyridine rings is 1. The normalized spacial score (nSPS) is 17.2. The fraction of sp³-hybridized carbons (Fsp3) is 0.379. The molecule has 3 rings (SSSR count). The lowest BCUT2D eigenvalue weighted by Crippen LogP contribution is -2.48. The minimum Gasteiger partial charge on any atom is -0.481 e. The number of carbonyl (C=O) groups is 1. The number of aliphatic carboxylic acids is 1. The number of aliphatic imine (C=N–C) groups is 2. The maximum absolute atomic E-state index is 14.4. The van der Waals surface area contributed by atoms with Crippen molar-refractivity contribution in [2.45, 2.75) is 39.3 Å². The molecular weight excluding hydrogens is 540 g/mol. The molecule has 2 aliphatic heterocycles. The number of fused-ring (bicyclic) bond motifs is 1. The van der Waals surface area contributed by atoms with E-state index in [2.05, 4.69) is 37.7 Å². The number of nitrogens with zero attached hydrogens (tertiary/aromatic N) is 5. The molecule has 0 bridgehead atoms. The first-order chi connectivity index (χ1) is 19.4. The molecule has 8 nitrogen and oxygen atoms in total. The summed E-state index contributed by atoms with van der Waals surface area (Å²) in [5, 5.41) is 11.9. The van der Waals surface area contributed by atoms with Crippen LogP contribution in [0.5, 0.6) is 0 Å². The van der Waals surface area contributed by atoms with Crippen molar-refractivity contribution in [3.8, 4) is 12.3 Å². The maximum Gasteiger partial charge on any atom is 0.433 e. The van der Waals surface area contributed by atoms with Crippen molar-refractivity contribution in [3.05, 3.63) is 71.0 Å². The number of rotatable bonds is 8. The molecule has 0 aliphatic carbocycles. The van der Waals surface area contributed by atoms with Gasteiger partial charge in [0, 0.05) is 56.6 Å². The Morgan fingerprint density at radius 2 is 1.90 bits per heavy atom. The van der Waals surface area contributed by atoms with Crippen molar-refractivity contribution >= 4 is 23.5 Å². The van der Waals surface area contributed by atoms with E-state index in [0.717, 1.165) is 11.8 Å². The fourth-order valence-corrected chi connectivity index (χ4v) is 4.28. The minimum atomic E-state index is -4.58. The lowest BCUT2D eigenvalue weighted by Gasteiger charge is -2.37. The molecule has 3 heterocycles. The number of alkyl halides is 3. The average Bonchev–Trinajstić information content (AvgIpc) is 3.13. The summed E-state index contributed by atoms with van der Waals surface area (Å²) in [5.74, 6) is 1.22. The highest BCUT2D eigenvalue weighted by atomic mass is 19.4. The predicted octanol–water partition coefficient (Wildman–Crippen LogP) is 5.20. The molecule has 0 amide bonds. The molecule has 0 aromatic carbocycles. The van der Waals surface area contributed by atoms with Gasteiger partial charge < -0.3 is 20.2 Å². The largest absolute Gasteiger partial charge is 0.481 e. The van der Waals surface area contributed by atoms with Crippen molar-refractivity contribution < 1.29 is 27.5 Å². The zero-order valence-electron chi connectivity index (χ0n) is 22.9. The molecule has 0 unspecified atom stereocenters. The van der Waals surface area contributed by atoms with Crippen LogP contribution in [0.2, 0.25) is 0 Å². The van der Waals surface area contributed by atoms with Gasteiger partial charge in [0.1, 0.15) is 17.3 Å². The third kappa shape index (κ3) is 8.79. The smallest absolute Gasteiger partial charge is 0.433 e. The Labute approximate surface area is 236 Å². The fourth-order valence-electron chi connectivity index (χ4n) is 4.28. The van der Waals surface area contributed by atoms with E-state index < -0.39 is 23.7 Å². The molecule has 1 aromatic heterocycles. The maximum atomic E-state index is 14.4. The minimum absolute atomic E-state index is 0.0513. The second-order valence-electron chi connectivity index (χ2n) is 9.54. The van der Waals surface area contributed by atoms with Gasteiger partial charge in [-0.15, -0.1) is 12.3 Å². The Balaban J connectivity index is 1.71. The quantitative estimate of drug-likeness (QED) is 0.146. The van der Waals surface area contributed by atoms with Crippen molar-refractivity contribution in [1.82, 2.24) is 14.8 Å². The average molecular weight is 573 g/mol. The van der Waals surface area contributed by atoms with Gasteiger partial charge in [0.15, 0.2) is 11.7 Å². The second-order valence-corrected chi connectivity index (χ2v) is 9.54. The van der Waals surface area contributed by atoms with Crippen LogP contribution in [-0.4, -0.2) is 70.3 Å². The van der Waals surface area contributed by atoms with Crippen LogP contribution in [0.1, 0.15) is 37.9 Å². The summed E-state index contributed by atoms with van der Waals surface area (Å²) in [5.41, 5.74) is 1.63. The van der Waals surface area contributed by atoms with E-state index in [9.17, 15) is 22.4 Å². The van der Waals surface area contributed by atoms with Gasteiger partial charge in [-0.1, -0.05) is 18.7 Å². The molecule has 41 heavy (non-hydrogen) atoms. The van der Waals surface area contributed by atoms with Crippen LogP contribution in [0.3, 0.4) is 0 Å². The van der Waals surface area contributed by atoms with Crippen LogP contribution in [0.25, 0.3) is 0 Å². The summed E-state index contributed by atoms with van der Waals surface area (Å²) in [6.45, 7) is 9.35. The van der Waals surface area contributed by atoms with Crippen LogP contribution in [0.4, 0.5) is 23.4 Å². The zero-order valence-corrected chi connectivity index (χ0v) is 22.9. The SMILES string of the molecule is C#CC/C(=C\C=C(/C)N1CCN(C(=N/C=C(\C)C2=NCCc3ccc(C(F)(F)F)nc3N2)C(=C)F)CC1)CC(=O)O. The van der Waals surface area contributed by atoms with Crippen LogP contribution in [0, 0.1) is 12.3 Å². The predicted molar refractivity (Wildman–Crippen MR) is 151 cm³/mol. The third-order valence-electron chi connectivity index (χ3n) is 6.50.